The molecule has 1 aromatic rings. The predicted octanol–water partition coefficient (Wildman–Crippen LogP) is 1.04. The summed E-state index contributed by atoms with van der Waals surface area (Å²) in [5.41, 5.74) is -0.123. The second-order valence-corrected chi connectivity index (χ2v) is 4.85. The zero-order valence-electron chi connectivity index (χ0n) is 11.1. The maximum absolute atomic E-state index is 11.7. The topological polar surface area (TPSA) is 104 Å². The Bertz CT molecular complexity index is 469. The van der Waals surface area contributed by atoms with Gasteiger partial charge in [0.15, 0.2) is 5.69 Å². The van der Waals surface area contributed by atoms with Crippen LogP contribution in [0.1, 0.15) is 42.6 Å². The van der Waals surface area contributed by atoms with Crippen LogP contribution in [0.25, 0.3) is 0 Å². The Morgan fingerprint density at radius 3 is 2.55 bits per heavy atom. The number of hydrogen-bond donors (Lipinski definition) is 3. The highest BCUT2D eigenvalue weighted by molar-refractivity contribution is 5.85. The van der Waals surface area contributed by atoms with Crippen molar-refractivity contribution in [3.05, 3.63) is 18.1 Å². The molecule has 1 aromatic heterocycles. The Morgan fingerprint density at radius 2 is 1.95 bits per heavy atom. The van der Waals surface area contributed by atoms with Gasteiger partial charge in [0.25, 0.3) is 0 Å². The molecule has 1 heterocycles. The molecule has 0 spiro atoms. The zero-order chi connectivity index (χ0) is 14.4. The summed E-state index contributed by atoms with van der Waals surface area (Å²) in [5, 5.41) is 14.5. The second-order valence-electron chi connectivity index (χ2n) is 4.85. The molecule has 0 unspecified atom stereocenters. The number of aromatic carboxylic acids is 1. The largest absolute Gasteiger partial charge is 0.476 e. The van der Waals surface area contributed by atoms with E-state index in [4.69, 9.17) is 5.11 Å². The van der Waals surface area contributed by atoms with Gasteiger partial charge in [-0.25, -0.2) is 14.8 Å². The average Bonchev–Trinajstić information content (AvgIpc) is 2.46. The third-order valence-corrected chi connectivity index (χ3v) is 3.27. The molecule has 108 valence electrons. The highest BCUT2D eigenvalue weighted by Crippen LogP contribution is 2.17. The van der Waals surface area contributed by atoms with Crippen LogP contribution in [0.4, 0.5) is 5.82 Å². The first-order valence-corrected chi connectivity index (χ1v) is 6.74. The van der Waals surface area contributed by atoms with Crippen molar-refractivity contribution in [2.75, 3.05) is 11.9 Å². The summed E-state index contributed by atoms with van der Waals surface area (Å²) in [4.78, 5) is 30.0. The number of hydrogen-bond acceptors (Lipinski definition) is 5. The average molecular weight is 278 g/mol. The van der Waals surface area contributed by atoms with E-state index in [1.54, 1.807) is 0 Å². The van der Waals surface area contributed by atoms with Gasteiger partial charge >= 0.3 is 5.97 Å². The van der Waals surface area contributed by atoms with Gasteiger partial charge in [0, 0.05) is 6.04 Å². The Labute approximate surface area is 116 Å². The summed E-state index contributed by atoms with van der Waals surface area (Å²) in [5.74, 6) is -0.825. The van der Waals surface area contributed by atoms with Gasteiger partial charge in [-0.05, 0) is 12.8 Å². The molecule has 0 bridgehead atoms. The Balaban J connectivity index is 1.76. The summed E-state index contributed by atoms with van der Waals surface area (Å²) in [6.45, 7) is 0.109. The van der Waals surface area contributed by atoms with Crippen molar-refractivity contribution in [1.82, 2.24) is 15.3 Å². The van der Waals surface area contributed by atoms with E-state index in [-0.39, 0.29) is 24.2 Å². The van der Waals surface area contributed by atoms with Gasteiger partial charge in [-0.15, -0.1) is 0 Å². The lowest BCUT2D eigenvalue weighted by atomic mass is 9.95. The molecule has 0 radical (unpaired) electrons. The summed E-state index contributed by atoms with van der Waals surface area (Å²) < 4.78 is 0. The van der Waals surface area contributed by atoms with Crippen LogP contribution in [0.2, 0.25) is 0 Å². The minimum Gasteiger partial charge on any atom is -0.476 e. The van der Waals surface area contributed by atoms with Gasteiger partial charge in [0.05, 0.1) is 18.9 Å². The van der Waals surface area contributed by atoms with Crippen molar-refractivity contribution in [3.63, 3.8) is 0 Å². The van der Waals surface area contributed by atoms with Crippen molar-refractivity contribution in [1.29, 1.82) is 0 Å². The smallest absolute Gasteiger partial charge is 0.356 e. The Hall–Kier alpha value is -2.18. The van der Waals surface area contributed by atoms with Gasteiger partial charge in [-0.2, -0.15) is 0 Å². The minimum atomic E-state index is -1.13. The maximum Gasteiger partial charge on any atom is 0.356 e. The summed E-state index contributed by atoms with van der Waals surface area (Å²) >= 11 is 0. The van der Waals surface area contributed by atoms with E-state index in [2.05, 4.69) is 20.6 Å². The van der Waals surface area contributed by atoms with Gasteiger partial charge in [-0.1, -0.05) is 19.3 Å². The number of amides is 1. The summed E-state index contributed by atoms with van der Waals surface area (Å²) in [6.07, 6.45) is 8.12. The van der Waals surface area contributed by atoms with Crippen molar-refractivity contribution >= 4 is 17.7 Å². The normalized spacial score (nSPS) is 15.6. The van der Waals surface area contributed by atoms with E-state index in [0.29, 0.717) is 5.82 Å². The summed E-state index contributed by atoms with van der Waals surface area (Å²) in [7, 11) is 0. The van der Waals surface area contributed by atoms with Crippen LogP contribution in [0.15, 0.2) is 12.4 Å². The first kappa shape index (κ1) is 14.2. The number of nitrogens with zero attached hydrogens (tertiary/aromatic N) is 2. The number of rotatable bonds is 5. The number of carbonyl (C=O) groups is 2. The molecule has 7 heteroatoms. The number of carboxylic acids is 1. The molecule has 1 amide bonds. The molecule has 1 fully saturated rings. The van der Waals surface area contributed by atoms with Gasteiger partial charge in [0.1, 0.15) is 5.82 Å². The van der Waals surface area contributed by atoms with E-state index in [1.165, 1.54) is 25.5 Å². The van der Waals surface area contributed by atoms with E-state index >= 15 is 0 Å². The third kappa shape index (κ3) is 4.18. The molecule has 7 nitrogen and oxygen atoms in total. The molecule has 1 aliphatic rings. The van der Waals surface area contributed by atoms with E-state index in [0.717, 1.165) is 19.0 Å². The highest BCUT2D eigenvalue weighted by atomic mass is 16.4. The van der Waals surface area contributed by atoms with Crippen LogP contribution in [0, 0.1) is 0 Å². The molecule has 1 aliphatic carbocycles. The standard InChI is InChI=1S/C13H18N4O3/c18-12(17-9-4-2-1-3-5-9)8-16-11-7-14-10(6-15-11)13(19)20/h6-7,9H,1-5,8H2,(H,15,16)(H,17,18)(H,19,20). The number of anilines is 1. The Morgan fingerprint density at radius 1 is 1.20 bits per heavy atom. The minimum absolute atomic E-state index is 0.0824. The monoisotopic (exact) mass is 278 g/mol. The fourth-order valence-corrected chi connectivity index (χ4v) is 2.23. The van der Waals surface area contributed by atoms with Crippen molar-refractivity contribution in [2.24, 2.45) is 0 Å². The second kappa shape index (κ2) is 6.83. The van der Waals surface area contributed by atoms with Crippen LogP contribution >= 0.6 is 0 Å². The van der Waals surface area contributed by atoms with Gasteiger partial charge < -0.3 is 15.7 Å². The number of carboxylic acid groups (broad SMARTS) is 1. The molecule has 2 rings (SSSR count). The molecule has 0 aromatic carbocycles. The van der Waals surface area contributed by atoms with Crippen LogP contribution in [0.3, 0.4) is 0 Å². The lowest BCUT2D eigenvalue weighted by molar-refractivity contribution is -0.120. The number of carbonyl (C=O) groups excluding carboxylic acids is 1. The molecule has 0 saturated heterocycles. The van der Waals surface area contributed by atoms with Crippen molar-refractivity contribution in [2.45, 2.75) is 38.1 Å². The van der Waals surface area contributed by atoms with Crippen LogP contribution < -0.4 is 10.6 Å². The first-order valence-electron chi connectivity index (χ1n) is 6.74. The SMILES string of the molecule is O=C(CNc1cnc(C(=O)O)cn1)NC1CCCCC1. The first-order chi connectivity index (χ1) is 9.65. The fourth-order valence-electron chi connectivity index (χ4n) is 2.23. The van der Waals surface area contributed by atoms with Gasteiger partial charge in [0.2, 0.25) is 5.91 Å². The molecular formula is C13H18N4O3. The molecule has 3 N–H and O–H groups in total. The summed E-state index contributed by atoms with van der Waals surface area (Å²) in [6, 6.07) is 0.276. The molecule has 20 heavy (non-hydrogen) atoms. The Kier molecular flexibility index (Phi) is 4.86. The molecule has 1 saturated carbocycles. The van der Waals surface area contributed by atoms with Gasteiger partial charge in [-0.3, -0.25) is 4.79 Å². The quantitative estimate of drug-likeness (QED) is 0.743. The molecular weight excluding hydrogens is 260 g/mol. The van der Waals surface area contributed by atoms with Crippen molar-refractivity contribution in [3.8, 4) is 0 Å². The molecule has 0 atom stereocenters. The maximum atomic E-state index is 11.7. The van der Waals surface area contributed by atoms with E-state index < -0.39 is 5.97 Å². The van der Waals surface area contributed by atoms with E-state index in [1.807, 2.05) is 0 Å². The lowest BCUT2D eigenvalue weighted by Crippen LogP contribution is -2.39. The number of aromatic nitrogens is 2. The molecule has 0 aliphatic heterocycles. The van der Waals surface area contributed by atoms with Crippen LogP contribution in [-0.4, -0.2) is 39.5 Å². The third-order valence-electron chi connectivity index (χ3n) is 3.27. The zero-order valence-corrected chi connectivity index (χ0v) is 11.1. The predicted molar refractivity (Wildman–Crippen MR) is 72.5 cm³/mol. The van der Waals surface area contributed by atoms with E-state index in [9.17, 15) is 9.59 Å². The highest BCUT2D eigenvalue weighted by Gasteiger charge is 2.15. The fraction of sp³-hybridized carbons (Fsp3) is 0.538. The van der Waals surface area contributed by atoms with Crippen molar-refractivity contribution < 1.29 is 14.7 Å². The van der Waals surface area contributed by atoms with Crippen LogP contribution in [-0.2, 0) is 4.79 Å². The number of nitrogens with one attached hydrogen (secondary N) is 2. The van der Waals surface area contributed by atoms with Crippen LogP contribution in [0.5, 0.6) is 0 Å². The lowest BCUT2D eigenvalue weighted by Gasteiger charge is -2.22.